The number of nitrogens with two attached hydrogens (primary N) is 1. The van der Waals surface area contributed by atoms with Crippen LogP contribution in [0.25, 0.3) is 21.7 Å². The molecule has 0 amide bonds. The molecule has 1 heterocycles. The molecule has 4 aromatic rings. The van der Waals surface area contributed by atoms with Gasteiger partial charge in [0, 0.05) is 18.0 Å². The first-order chi connectivity index (χ1) is 16.0. The quantitative estimate of drug-likeness (QED) is 0.395. The van der Waals surface area contributed by atoms with E-state index in [0.717, 1.165) is 53.9 Å². The average Bonchev–Trinajstić information content (AvgIpc) is 2.83. The fourth-order valence-corrected chi connectivity index (χ4v) is 5.86. The third kappa shape index (κ3) is 4.77. The van der Waals surface area contributed by atoms with Gasteiger partial charge in [-0.05, 0) is 66.6 Å². The maximum Gasteiger partial charge on any atom is 0.240 e. The molecule has 0 aliphatic heterocycles. The number of hydrogen-bond acceptors (Lipinski definition) is 6. The largest absolute Gasteiger partial charge is 0.383 e. The Bertz CT molecular complexity index is 1400. The summed E-state index contributed by atoms with van der Waals surface area (Å²) in [6.07, 6.45) is 3.47. The van der Waals surface area contributed by atoms with Gasteiger partial charge in [-0.25, -0.2) is 18.1 Å². The molecular weight excluding hydrogens is 434 g/mol. The summed E-state index contributed by atoms with van der Waals surface area (Å²) in [6.45, 7) is 0.738. The van der Waals surface area contributed by atoms with Crippen LogP contribution in [0.5, 0.6) is 0 Å². The number of hydrogen-bond donors (Lipinski definition) is 3. The van der Waals surface area contributed by atoms with Crippen molar-refractivity contribution < 1.29 is 8.42 Å². The van der Waals surface area contributed by atoms with Crippen molar-refractivity contribution in [1.29, 1.82) is 0 Å². The molecule has 1 saturated carbocycles. The van der Waals surface area contributed by atoms with Crippen molar-refractivity contribution in [2.75, 3.05) is 17.6 Å². The number of fused-ring (bicyclic) bond motifs is 2. The van der Waals surface area contributed by atoms with Gasteiger partial charge in [0.25, 0.3) is 0 Å². The van der Waals surface area contributed by atoms with Crippen LogP contribution in [-0.2, 0) is 10.0 Å². The van der Waals surface area contributed by atoms with Crippen molar-refractivity contribution in [2.45, 2.75) is 36.6 Å². The number of para-hydroxylation sites is 1. The lowest BCUT2D eigenvalue weighted by Crippen LogP contribution is -2.38. The van der Waals surface area contributed by atoms with Crippen LogP contribution in [0.1, 0.15) is 25.7 Å². The molecule has 0 unspecified atom stereocenters. The van der Waals surface area contributed by atoms with Crippen LogP contribution in [0, 0.1) is 5.92 Å². The molecular formula is C25H27N5O2S. The molecule has 170 valence electrons. The van der Waals surface area contributed by atoms with E-state index in [0.29, 0.717) is 22.6 Å². The monoisotopic (exact) mass is 461 g/mol. The molecule has 0 saturated heterocycles. The van der Waals surface area contributed by atoms with Gasteiger partial charge in [0.2, 0.25) is 16.0 Å². The van der Waals surface area contributed by atoms with Crippen LogP contribution in [0.3, 0.4) is 0 Å². The van der Waals surface area contributed by atoms with Gasteiger partial charge in [-0.2, -0.15) is 4.98 Å². The number of aromatic nitrogens is 2. The number of nitrogens with zero attached hydrogens (tertiary/aromatic N) is 2. The second-order valence-electron chi connectivity index (χ2n) is 8.68. The van der Waals surface area contributed by atoms with Crippen LogP contribution in [-0.4, -0.2) is 31.0 Å². The second-order valence-corrected chi connectivity index (χ2v) is 10.4. The Balaban J connectivity index is 1.17. The Morgan fingerprint density at radius 1 is 0.879 bits per heavy atom. The predicted octanol–water partition coefficient (Wildman–Crippen LogP) is 4.31. The lowest BCUT2D eigenvalue weighted by atomic mass is 9.86. The van der Waals surface area contributed by atoms with Crippen LogP contribution >= 0.6 is 0 Å². The number of nitrogens with one attached hydrogen (secondary N) is 2. The van der Waals surface area contributed by atoms with Crippen molar-refractivity contribution in [1.82, 2.24) is 14.7 Å². The summed E-state index contributed by atoms with van der Waals surface area (Å²) in [5.74, 6) is 1.43. The molecule has 1 aliphatic carbocycles. The van der Waals surface area contributed by atoms with Crippen LogP contribution in [0.2, 0.25) is 0 Å². The summed E-state index contributed by atoms with van der Waals surface area (Å²) in [4.78, 5) is 9.23. The highest BCUT2D eigenvalue weighted by molar-refractivity contribution is 7.89. The first kappa shape index (κ1) is 21.6. The smallest absolute Gasteiger partial charge is 0.240 e. The molecule has 33 heavy (non-hydrogen) atoms. The van der Waals surface area contributed by atoms with E-state index in [1.165, 1.54) is 0 Å². The average molecular weight is 462 g/mol. The number of anilines is 2. The number of sulfonamides is 1. The van der Waals surface area contributed by atoms with Crippen molar-refractivity contribution in [3.05, 3.63) is 66.7 Å². The van der Waals surface area contributed by atoms with E-state index in [1.54, 1.807) is 12.1 Å². The van der Waals surface area contributed by atoms with Gasteiger partial charge < -0.3 is 11.1 Å². The SMILES string of the molecule is Nc1nc(NCC2CCC(NS(=O)(=O)c3ccc4ccccc4c3)CC2)nc2ccccc12. The van der Waals surface area contributed by atoms with Crippen molar-refractivity contribution in [3.8, 4) is 0 Å². The zero-order valence-electron chi connectivity index (χ0n) is 18.2. The van der Waals surface area contributed by atoms with E-state index < -0.39 is 10.0 Å². The Labute approximate surface area is 193 Å². The molecule has 0 atom stereocenters. The number of benzene rings is 3. The van der Waals surface area contributed by atoms with E-state index in [9.17, 15) is 8.42 Å². The second kappa shape index (κ2) is 8.96. The fourth-order valence-electron chi connectivity index (χ4n) is 4.52. The first-order valence-electron chi connectivity index (χ1n) is 11.3. The van der Waals surface area contributed by atoms with Gasteiger partial charge in [-0.1, -0.05) is 42.5 Å². The Morgan fingerprint density at radius 3 is 2.42 bits per heavy atom. The molecule has 8 heteroatoms. The minimum absolute atomic E-state index is 0.0507. The molecule has 1 aromatic heterocycles. The van der Waals surface area contributed by atoms with Gasteiger partial charge >= 0.3 is 0 Å². The van der Waals surface area contributed by atoms with Crippen LogP contribution < -0.4 is 15.8 Å². The Hall–Kier alpha value is -3.23. The van der Waals surface area contributed by atoms with Gasteiger partial charge in [-0.3, -0.25) is 0 Å². The van der Waals surface area contributed by atoms with Gasteiger partial charge in [0.05, 0.1) is 10.4 Å². The normalized spacial score (nSPS) is 19.0. The molecule has 0 bridgehead atoms. The lowest BCUT2D eigenvalue weighted by molar-refractivity contribution is 0.323. The van der Waals surface area contributed by atoms with Gasteiger partial charge in [0.15, 0.2) is 0 Å². The van der Waals surface area contributed by atoms with Crippen LogP contribution in [0.15, 0.2) is 71.6 Å². The zero-order valence-corrected chi connectivity index (χ0v) is 19.1. The molecule has 5 rings (SSSR count). The summed E-state index contributed by atoms with van der Waals surface area (Å²) in [5.41, 5.74) is 6.88. The van der Waals surface area contributed by atoms with E-state index >= 15 is 0 Å². The molecule has 1 aliphatic rings. The third-order valence-corrected chi connectivity index (χ3v) is 7.90. The summed E-state index contributed by atoms with van der Waals surface area (Å²) in [6, 6.07) is 20.7. The van der Waals surface area contributed by atoms with Crippen molar-refractivity contribution in [3.63, 3.8) is 0 Å². The highest BCUT2D eigenvalue weighted by atomic mass is 32.2. The number of rotatable bonds is 6. The number of nitrogen functional groups attached to an aromatic ring is 1. The summed E-state index contributed by atoms with van der Waals surface area (Å²) in [5, 5.41) is 6.11. The van der Waals surface area contributed by atoms with E-state index in [2.05, 4.69) is 20.0 Å². The standard InChI is InChI=1S/C25H27N5O2S/c26-24-22-7-3-4-8-23(22)28-25(29-24)27-16-17-9-12-20(13-10-17)30-33(31,32)21-14-11-18-5-1-2-6-19(18)15-21/h1-8,11,14-15,17,20,30H,9-10,12-13,16H2,(H3,26,27,28,29). The first-order valence-corrected chi connectivity index (χ1v) is 12.7. The Morgan fingerprint density at radius 2 is 1.61 bits per heavy atom. The third-order valence-electron chi connectivity index (χ3n) is 6.38. The molecule has 7 nitrogen and oxygen atoms in total. The lowest BCUT2D eigenvalue weighted by Gasteiger charge is -2.29. The zero-order chi connectivity index (χ0) is 22.8. The van der Waals surface area contributed by atoms with Gasteiger partial charge in [0.1, 0.15) is 5.82 Å². The predicted molar refractivity (Wildman–Crippen MR) is 132 cm³/mol. The maximum absolute atomic E-state index is 12.9. The molecule has 1 fully saturated rings. The highest BCUT2D eigenvalue weighted by Gasteiger charge is 2.26. The van der Waals surface area contributed by atoms with Crippen LogP contribution in [0.4, 0.5) is 11.8 Å². The maximum atomic E-state index is 12.9. The summed E-state index contributed by atoms with van der Waals surface area (Å²) < 4.78 is 28.8. The summed E-state index contributed by atoms with van der Waals surface area (Å²) >= 11 is 0. The highest BCUT2D eigenvalue weighted by Crippen LogP contribution is 2.27. The summed E-state index contributed by atoms with van der Waals surface area (Å²) in [7, 11) is -3.55. The molecule has 4 N–H and O–H groups in total. The van der Waals surface area contributed by atoms with E-state index in [4.69, 9.17) is 5.73 Å². The fraction of sp³-hybridized carbons (Fsp3) is 0.280. The Kier molecular flexibility index (Phi) is 5.86. The van der Waals surface area contributed by atoms with Crippen molar-refractivity contribution in [2.24, 2.45) is 5.92 Å². The topological polar surface area (TPSA) is 110 Å². The van der Waals surface area contributed by atoms with Crippen molar-refractivity contribution >= 4 is 43.5 Å². The molecule has 3 aromatic carbocycles. The molecule has 0 radical (unpaired) electrons. The van der Waals surface area contributed by atoms with Gasteiger partial charge in [-0.15, -0.1) is 0 Å². The minimum atomic E-state index is -3.55. The van der Waals surface area contributed by atoms with E-state index in [-0.39, 0.29) is 6.04 Å². The molecule has 0 spiro atoms. The van der Waals surface area contributed by atoms with E-state index in [1.807, 2.05) is 54.6 Å². The minimum Gasteiger partial charge on any atom is -0.383 e.